The maximum Gasteiger partial charge on any atom is 0.387 e. The van der Waals surface area contributed by atoms with Gasteiger partial charge in [0.1, 0.15) is 5.75 Å². The molecule has 0 amide bonds. The summed E-state index contributed by atoms with van der Waals surface area (Å²) in [5.41, 5.74) is 1.59. The van der Waals surface area contributed by atoms with Crippen LogP contribution in [0.1, 0.15) is 21.1 Å². The molecule has 1 aromatic carbocycles. The van der Waals surface area contributed by atoms with Crippen LogP contribution in [0.5, 0.6) is 5.75 Å². The lowest BCUT2D eigenvalue weighted by molar-refractivity contribution is -0.0504. The van der Waals surface area contributed by atoms with Crippen molar-refractivity contribution < 1.29 is 13.5 Å². The Hall–Kier alpha value is -1.01. The number of halogens is 4. The van der Waals surface area contributed by atoms with Gasteiger partial charge in [0, 0.05) is 28.5 Å². The van der Waals surface area contributed by atoms with E-state index in [-0.39, 0.29) is 29.7 Å². The molecule has 0 saturated heterocycles. The van der Waals surface area contributed by atoms with Crippen LogP contribution in [0.15, 0.2) is 27.7 Å². The van der Waals surface area contributed by atoms with Crippen LogP contribution in [0.4, 0.5) is 8.78 Å². The molecule has 1 heterocycles. The lowest BCUT2D eigenvalue weighted by atomic mass is 10.2. The maximum absolute atomic E-state index is 12.5. The summed E-state index contributed by atoms with van der Waals surface area (Å²) in [6.07, 6.45) is 0. The minimum atomic E-state index is -2.87. The van der Waals surface area contributed by atoms with Gasteiger partial charge in [0.05, 0.1) is 17.2 Å². The third-order valence-corrected chi connectivity index (χ3v) is 4.89. The fraction of sp³-hybridized carbons (Fsp3) is 0.375. The third kappa shape index (κ3) is 6.95. The topological polar surface area (TPSA) is 58.5 Å². The summed E-state index contributed by atoms with van der Waals surface area (Å²) >= 11 is 4.96. The van der Waals surface area contributed by atoms with Gasteiger partial charge in [-0.15, -0.1) is 35.3 Å². The van der Waals surface area contributed by atoms with E-state index in [2.05, 4.69) is 41.3 Å². The molecule has 0 unspecified atom stereocenters. The van der Waals surface area contributed by atoms with Gasteiger partial charge >= 0.3 is 6.61 Å². The SMILES string of the molecule is CN=C(NCc1cc(Br)ccc1OC(F)F)NCc1sc(C)nc1C.I. The molecule has 0 aliphatic carbocycles. The molecule has 10 heteroatoms. The Balaban J connectivity index is 0.00000338. The number of aliphatic imine (C=N–C) groups is 1. The molecular weight excluding hydrogens is 541 g/mol. The van der Waals surface area contributed by atoms with E-state index in [9.17, 15) is 8.78 Å². The first-order chi connectivity index (χ1) is 11.9. The number of rotatable bonds is 6. The van der Waals surface area contributed by atoms with E-state index in [4.69, 9.17) is 0 Å². The quantitative estimate of drug-likeness (QED) is 0.308. The van der Waals surface area contributed by atoms with Crippen molar-refractivity contribution in [2.75, 3.05) is 7.05 Å². The van der Waals surface area contributed by atoms with Crippen molar-refractivity contribution in [2.45, 2.75) is 33.5 Å². The van der Waals surface area contributed by atoms with Crippen molar-refractivity contribution >= 4 is 57.2 Å². The number of nitrogens with one attached hydrogen (secondary N) is 2. The maximum atomic E-state index is 12.5. The predicted octanol–water partition coefficient (Wildman–Crippen LogP) is 4.61. The summed E-state index contributed by atoms with van der Waals surface area (Å²) in [5, 5.41) is 7.31. The van der Waals surface area contributed by atoms with Crippen LogP contribution >= 0.6 is 51.2 Å². The number of nitrogens with zero attached hydrogens (tertiary/aromatic N) is 2. The molecule has 0 radical (unpaired) electrons. The van der Waals surface area contributed by atoms with Gasteiger partial charge < -0.3 is 15.4 Å². The van der Waals surface area contributed by atoms with Crippen LogP contribution in [0.25, 0.3) is 0 Å². The average molecular weight is 561 g/mol. The number of aromatic nitrogens is 1. The van der Waals surface area contributed by atoms with Crippen molar-refractivity contribution in [3.05, 3.63) is 43.8 Å². The van der Waals surface area contributed by atoms with Crippen molar-refractivity contribution in [2.24, 2.45) is 4.99 Å². The highest BCUT2D eigenvalue weighted by Crippen LogP contribution is 2.24. The molecular formula is C16H20BrF2IN4OS. The van der Waals surface area contributed by atoms with Crippen LogP contribution in [-0.2, 0) is 13.1 Å². The standard InChI is InChI=1S/C16H19BrF2N4OS.HI/c1-9-14(25-10(2)23-9)8-22-16(20-3)21-7-11-6-12(17)4-5-13(11)24-15(18)19;/h4-6,15H,7-8H2,1-3H3,(H2,20,21,22);1H. The summed E-state index contributed by atoms with van der Waals surface area (Å²) in [6.45, 7) is 1.95. The minimum Gasteiger partial charge on any atom is -0.434 e. The van der Waals surface area contributed by atoms with E-state index >= 15 is 0 Å². The Bertz CT molecular complexity index is 758. The second kappa shape index (κ2) is 11.0. The van der Waals surface area contributed by atoms with Crippen molar-refractivity contribution in [3.8, 4) is 5.75 Å². The van der Waals surface area contributed by atoms with Crippen LogP contribution in [0.3, 0.4) is 0 Å². The van der Waals surface area contributed by atoms with E-state index in [1.807, 2.05) is 13.8 Å². The summed E-state index contributed by atoms with van der Waals surface area (Å²) in [7, 11) is 1.65. The van der Waals surface area contributed by atoms with Gasteiger partial charge in [-0.05, 0) is 32.0 Å². The zero-order valence-electron chi connectivity index (χ0n) is 14.5. The van der Waals surface area contributed by atoms with E-state index < -0.39 is 6.61 Å². The van der Waals surface area contributed by atoms with E-state index in [1.54, 1.807) is 30.5 Å². The fourth-order valence-electron chi connectivity index (χ4n) is 2.20. The summed E-state index contributed by atoms with van der Waals surface area (Å²) in [5.74, 6) is 0.698. The molecule has 0 fully saturated rings. The number of guanidine groups is 1. The molecule has 0 saturated carbocycles. The van der Waals surface area contributed by atoms with Gasteiger partial charge in [-0.25, -0.2) is 4.98 Å². The van der Waals surface area contributed by atoms with Crippen molar-refractivity contribution in [3.63, 3.8) is 0 Å². The Morgan fingerprint density at radius 1 is 1.31 bits per heavy atom. The fourth-order valence-corrected chi connectivity index (χ4v) is 3.48. The molecule has 26 heavy (non-hydrogen) atoms. The van der Waals surface area contributed by atoms with E-state index in [0.29, 0.717) is 24.6 Å². The van der Waals surface area contributed by atoms with Crippen molar-refractivity contribution in [1.82, 2.24) is 15.6 Å². The van der Waals surface area contributed by atoms with Crippen LogP contribution in [0, 0.1) is 13.8 Å². The Morgan fingerprint density at radius 3 is 2.58 bits per heavy atom. The first-order valence-corrected chi connectivity index (χ1v) is 9.10. The van der Waals surface area contributed by atoms with E-state index in [1.165, 1.54) is 6.07 Å². The number of alkyl halides is 2. The highest BCUT2D eigenvalue weighted by molar-refractivity contribution is 14.0. The zero-order valence-corrected chi connectivity index (χ0v) is 19.2. The first kappa shape index (κ1) is 23.0. The molecule has 2 N–H and O–H groups in total. The number of hydrogen-bond donors (Lipinski definition) is 2. The number of aryl methyl sites for hydroxylation is 2. The molecule has 5 nitrogen and oxygen atoms in total. The Morgan fingerprint density at radius 2 is 2.00 bits per heavy atom. The van der Waals surface area contributed by atoms with Gasteiger partial charge in [0.2, 0.25) is 0 Å². The van der Waals surface area contributed by atoms with Gasteiger partial charge in [-0.3, -0.25) is 4.99 Å². The predicted molar refractivity (Wildman–Crippen MR) is 115 cm³/mol. The Labute approximate surface area is 180 Å². The smallest absolute Gasteiger partial charge is 0.387 e. The molecule has 2 aromatic rings. The molecule has 0 spiro atoms. The molecule has 144 valence electrons. The average Bonchev–Trinajstić information content (AvgIpc) is 2.87. The third-order valence-electron chi connectivity index (χ3n) is 3.32. The highest BCUT2D eigenvalue weighted by Gasteiger charge is 2.11. The number of benzene rings is 1. The zero-order chi connectivity index (χ0) is 18.4. The van der Waals surface area contributed by atoms with Crippen molar-refractivity contribution in [1.29, 1.82) is 0 Å². The number of ether oxygens (including phenoxy) is 1. The molecule has 2 rings (SSSR count). The minimum absolute atomic E-state index is 0. The molecule has 0 aliphatic rings. The largest absolute Gasteiger partial charge is 0.434 e. The second-order valence-corrected chi connectivity index (χ2v) is 7.35. The first-order valence-electron chi connectivity index (χ1n) is 7.49. The van der Waals surface area contributed by atoms with E-state index in [0.717, 1.165) is 20.1 Å². The second-order valence-electron chi connectivity index (χ2n) is 5.15. The van der Waals surface area contributed by atoms with Crippen LogP contribution in [0.2, 0.25) is 0 Å². The molecule has 0 aliphatic heterocycles. The normalized spacial score (nSPS) is 11.3. The summed E-state index contributed by atoms with van der Waals surface area (Å²) in [6, 6.07) is 4.89. The monoisotopic (exact) mass is 560 g/mol. The van der Waals surface area contributed by atoms with Crippen LogP contribution < -0.4 is 15.4 Å². The molecule has 1 aromatic heterocycles. The lowest BCUT2D eigenvalue weighted by Crippen LogP contribution is -2.36. The molecule has 0 bridgehead atoms. The highest BCUT2D eigenvalue weighted by atomic mass is 127. The lowest BCUT2D eigenvalue weighted by Gasteiger charge is -2.14. The summed E-state index contributed by atoms with van der Waals surface area (Å²) in [4.78, 5) is 9.66. The Kier molecular flexibility index (Phi) is 9.72. The molecule has 0 atom stereocenters. The van der Waals surface area contributed by atoms with Gasteiger partial charge in [0.25, 0.3) is 0 Å². The number of thiazole rings is 1. The van der Waals surface area contributed by atoms with Crippen LogP contribution in [-0.4, -0.2) is 24.6 Å². The van der Waals surface area contributed by atoms with Gasteiger partial charge in [-0.1, -0.05) is 15.9 Å². The summed E-state index contributed by atoms with van der Waals surface area (Å²) < 4.78 is 30.4. The number of hydrogen-bond acceptors (Lipinski definition) is 4. The van der Waals surface area contributed by atoms with Gasteiger partial charge in [0.15, 0.2) is 5.96 Å². The van der Waals surface area contributed by atoms with Gasteiger partial charge in [-0.2, -0.15) is 8.78 Å².